The molecule has 0 unspecified atom stereocenters. The van der Waals surface area contributed by atoms with Crippen molar-refractivity contribution in [1.82, 2.24) is 34.6 Å². The molecule has 0 saturated heterocycles. The van der Waals surface area contributed by atoms with Crippen LogP contribution in [-0.2, 0) is 19.4 Å². The lowest BCUT2D eigenvalue weighted by molar-refractivity contribution is 0.0951. The maximum Gasteiger partial charge on any atom is 0.254 e. The van der Waals surface area contributed by atoms with Gasteiger partial charge in [0.1, 0.15) is 5.82 Å². The van der Waals surface area contributed by atoms with Crippen molar-refractivity contribution in [2.24, 2.45) is 0 Å². The van der Waals surface area contributed by atoms with Crippen LogP contribution in [0.1, 0.15) is 58.2 Å². The van der Waals surface area contributed by atoms with Crippen molar-refractivity contribution >= 4 is 5.91 Å². The summed E-state index contributed by atoms with van der Waals surface area (Å²) in [5.41, 5.74) is 6.18. The Labute approximate surface area is 198 Å². The van der Waals surface area contributed by atoms with Crippen LogP contribution in [0.4, 0.5) is 0 Å². The van der Waals surface area contributed by atoms with E-state index in [0.29, 0.717) is 30.5 Å². The Morgan fingerprint density at radius 2 is 1.97 bits per heavy atom. The van der Waals surface area contributed by atoms with Crippen LogP contribution in [0.15, 0.2) is 49.1 Å². The molecule has 1 saturated carbocycles. The molecule has 1 aromatic carbocycles. The molecule has 8 heteroatoms. The highest BCUT2D eigenvalue weighted by Gasteiger charge is 2.33. The standard InChI is InChI=1S/C26H27N7O/c1-17-27-11-13-32(17)14-12-28-25(34)22-16-30-33(24(22)19-9-10-19)26-29-15-20-7-4-6-18-5-2-3-8-21(18)23(20)31-26/h2-3,5,8,11,13,15-16,19H,4,6-7,9-10,12,14H2,1H3,(H,28,34). The zero-order chi connectivity index (χ0) is 23.1. The number of benzene rings is 1. The minimum Gasteiger partial charge on any atom is -0.350 e. The first-order valence-electron chi connectivity index (χ1n) is 12.0. The van der Waals surface area contributed by atoms with Crippen LogP contribution >= 0.6 is 0 Å². The highest BCUT2D eigenvalue weighted by molar-refractivity contribution is 5.95. The molecular formula is C26H27N7O. The fraction of sp³-hybridized carbons (Fsp3) is 0.346. The topological polar surface area (TPSA) is 90.5 Å². The number of hydrogen-bond acceptors (Lipinski definition) is 5. The minimum absolute atomic E-state index is 0.106. The molecule has 3 aromatic heterocycles. The Bertz CT molecular complexity index is 1370. The quantitative estimate of drug-likeness (QED) is 0.481. The summed E-state index contributed by atoms with van der Waals surface area (Å²) < 4.78 is 3.80. The molecule has 2 aliphatic carbocycles. The highest BCUT2D eigenvalue weighted by atomic mass is 16.1. The molecule has 1 amide bonds. The third-order valence-electron chi connectivity index (χ3n) is 6.78. The van der Waals surface area contributed by atoms with Gasteiger partial charge in [-0.1, -0.05) is 24.3 Å². The SMILES string of the molecule is Cc1nccn1CCNC(=O)c1cnn(-c2ncc3c(n2)-c2ccccc2CCC3)c1C1CC1. The molecular weight excluding hydrogens is 426 g/mol. The van der Waals surface area contributed by atoms with Gasteiger partial charge in [0.25, 0.3) is 11.9 Å². The van der Waals surface area contributed by atoms with Crippen molar-refractivity contribution in [3.8, 4) is 17.2 Å². The Hall–Kier alpha value is -3.81. The second kappa shape index (κ2) is 8.52. The zero-order valence-electron chi connectivity index (χ0n) is 19.2. The van der Waals surface area contributed by atoms with E-state index < -0.39 is 0 Å². The number of aromatic nitrogens is 6. The van der Waals surface area contributed by atoms with Crippen LogP contribution in [0.25, 0.3) is 17.2 Å². The maximum atomic E-state index is 13.1. The van der Waals surface area contributed by atoms with Gasteiger partial charge >= 0.3 is 0 Å². The van der Waals surface area contributed by atoms with Crippen LogP contribution in [0.2, 0.25) is 0 Å². The summed E-state index contributed by atoms with van der Waals surface area (Å²) in [4.78, 5) is 27.0. The molecule has 0 bridgehead atoms. The molecule has 8 nitrogen and oxygen atoms in total. The van der Waals surface area contributed by atoms with Crippen LogP contribution in [0.5, 0.6) is 0 Å². The Morgan fingerprint density at radius 3 is 2.79 bits per heavy atom. The molecule has 0 atom stereocenters. The van der Waals surface area contributed by atoms with Gasteiger partial charge in [-0.15, -0.1) is 0 Å². The van der Waals surface area contributed by atoms with E-state index in [1.165, 1.54) is 16.7 Å². The molecule has 4 aromatic rings. The second-order valence-corrected chi connectivity index (χ2v) is 9.11. The number of nitrogens with zero attached hydrogens (tertiary/aromatic N) is 6. The van der Waals surface area contributed by atoms with Crippen molar-refractivity contribution in [2.75, 3.05) is 6.54 Å². The van der Waals surface area contributed by atoms with E-state index in [1.54, 1.807) is 17.1 Å². The van der Waals surface area contributed by atoms with Gasteiger partial charge in [0, 0.05) is 43.2 Å². The summed E-state index contributed by atoms with van der Waals surface area (Å²) in [6.07, 6.45) is 12.5. The molecule has 6 rings (SSSR count). The van der Waals surface area contributed by atoms with Crippen LogP contribution in [-0.4, -0.2) is 41.8 Å². The Morgan fingerprint density at radius 1 is 1.12 bits per heavy atom. The van der Waals surface area contributed by atoms with Crippen LogP contribution < -0.4 is 5.32 Å². The van der Waals surface area contributed by atoms with Crippen molar-refractivity contribution < 1.29 is 4.79 Å². The molecule has 1 N–H and O–H groups in total. The molecule has 0 aliphatic heterocycles. The number of carbonyl (C=O) groups is 1. The zero-order valence-corrected chi connectivity index (χ0v) is 19.2. The summed E-state index contributed by atoms with van der Waals surface area (Å²) in [6.45, 7) is 3.16. The average Bonchev–Trinajstić information content (AvgIpc) is 3.52. The van der Waals surface area contributed by atoms with Gasteiger partial charge in [-0.2, -0.15) is 5.10 Å². The van der Waals surface area contributed by atoms with Crippen molar-refractivity contribution in [3.63, 3.8) is 0 Å². The molecule has 1 fully saturated rings. The number of carbonyl (C=O) groups excluding carboxylic acids is 1. The predicted molar refractivity (Wildman–Crippen MR) is 128 cm³/mol. The largest absolute Gasteiger partial charge is 0.350 e. The van der Waals surface area contributed by atoms with Crippen molar-refractivity contribution in [3.05, 3.63) is 77.3 Å². The summed E-state index contributed by atoms with van der Waals surface area (Å²) in [7, 11) is 0. The normalized spacial score (nSPS) is 14.9. The van der Waals surface area contributed by atoms with Gasteiger partial charge in [-0.25, -0.2) is 19.6 Å². The van der Waals surface area contributed by atoms with Crippen LogP contribution in [0.3, 0.4) is 0 Å². The first kappa shape index (κ1) is 20.8. The second-order valence-electron chi connectivity index (χ2n) is 9.11. The van der Waals surface area contributed by atoms with Gasteiger partial charge < -0.3 is 9.88 Å². The minimum atomic E-state index is -0.106. The van der Waals surface area contributed by atoms with E-state index in [9.17, 15) is 4.79 Å². The number of fused-ring (bicyclic) bond motifs is 3. The number of aryl methyl sites for hydroxylation is 3. The van der Waals surface area contributed by atoms with Gasteiger partial charge in [0.15, 0.2) is 0 Å². The Balaban J connectivity index is 1.30. The lowest BCUT2D eigenvalue weighted by Gasteiger charge is -2.12. The first-order chi connectivity index (χ1) is 16.7. The number of amides is 1. The lowest BCUT2D eigenvalue weighted by atomic mass is 10.0. The highest BCUT2D eigenvalue weighted by Crippen LogP contribution is 2.42. The van der Waals surface area contributed by atoms with Crippen LogP contribution in [0, 0.1) is 6.92 Å². The fourth-order valence-electron chi connectivity index (χ4n) is 4.82. The van der Waals surface area contributed by atoms with Gasteiger partial charge in [0.2, 0.25) is 0 Å². The van der Waals surface area contributed by atoms with E-state index >= 15 is 0 Å². The van der Waals surface area contributed by atoms with E-state index in [1.807, 2.05) is 23.9 Å². The number of hydrogen-bond donors (Lipinski definition) is 1. The molecule has 2 aliphatic rings. The van der Waals surface area contributed by atoms with E-state index in [0.717, 1.165) is 49.3 Å². The van der Waals surface area contributed by atoms with E-state index in [-0.39, 0.29) is 5.91 Å². The molecule has 3 heterocycles. The smallest absolute Gasteiger partial charge is 0.254 e. The molecule has 0 spiro atoms. The number of nitrogens with one attached hydrogen (secondary N) is 1. The third-order valence-corrected chi connectivity index (χ3v) is 6.78. The summed E-state index contributed by atoms with van der Waals surface area (Å²) in [6, 6.07) is 8.47. The summed E-state index contributed by atoms with van der Waals surface area (Å²) >= 11 is 0. The Kier molecular flexibility index (Phi) is 5.20. The van der Waals surface area contributed by atoms with Crippen molar-refractivity contribution in [1.29, 1.82) is 0 Å². The molecule has 34 heavy (non-hydrogen) atoms. The number of imidazole rings is 1. The maximum absolute atomic E-state index is 13.1. The fourth-order valence-corrected chi connectivity index (χ4v) is 4.82. The summed E-state index contributed by atoms with van der Waals surface area (Å²) in [5, 5.41) is 7.63. The first-order valence-corrected chi connectivity index (χ1v) is 12.0. The van der Waals surface area contributed by atoms with Gasteiger partial charge in [-0.3, -0.25) is 4.79 Å². The van der Waals surface area contributed by atoms with Crippen molar-refractivity contribution in [2.45, 2.75) is 51.5 Å². The number of rotatable bonds is 6. The molecule has 0 radical (unpaired) electrons. The molecule has 172 valence electrons. The van der Waals surface area contributed by atoms with E-state index in [2.05, 4.69) is 44.6 Å². The van der Waals surface area contributed by atoms with Gasteiger partial charge in [0.05, 0.1) is 23.1 Å². The average molecular weight is 454 g/mol. The van der Waals surface area contributed by atoms with Gasteiger partial charge in [-0.05, 0) is 50.2 Å². The predicted octanol–water partition coefficient (Wildman–Crippen LogP) is 3.63. The third kappa shape index (κ3) is 3.79. The lowest BCUT2D eigenvalue weighted by Crippen LogP contribution is -2.28. The summed E-state index contributed by atoms with van der Waals surface area (Å²) in [5.74, 6) is 1.67. The monoisotopic (exact) mass is 453 g/mol. The van der Waals surface area contributed by atoms with E-state index in [4.69, 9.17) is 4.98 Å².